The molecule has 8 heteroatoms. The van der Waals surface area contributed by atoms with E-state index in [0.717, 1.165) is 5.56 Å². The van der Waals surface area contributed by atoms with Gasteiger partial charge < -0.3 is 4.84 Å². The molecular formula is C21H18N2O4S2. The molecule has 0 saturated heterocycles. The molecule has 148 valence electrons. The van der Waals surface area contributed by atoms with Gasteiger partial charge in [-0.2, -0.15) is 0 Å². The van der Waals surface area contributed by atoms with Gasteiger partial charge >= 0.3 is 0 Å². The SMILES string of the molecule is Cc1ccc(C2ON=C(c3ccccc3)C2S(=O)(=O)NC(=O)c2cccs2)cc1. The fraction of sp³-hybridized carbons (Fsp3) is 0.143. The average Bonchev–Trinajstić information content (AvgIpc) is 3.39. The summed E-state index contributed by atoms with van der Waals surface area (Å²) in [6.07, 6.45) is -0.862. The fourth-order valence-corrected chi connectivity index (χ4v) is 5.33. The van der Waals surface area contributed by atoms with E-state index in [-0.39, 0.29) is 5.71 Å². The fourth-order valence-electron chi connectivity index (χ4n) is 3.14. The van der Waals surface area contributed by atoms with E-state index in [1.54, 1.807) is 41.8 Å². The summed E-state index contributed by atoms with van der Waals surface area (Å²) < 4.78 is 28.8. The maximum absolute atomic E-state index is 13.3. The van der Waals surface area contributed by atoms with Gasteiger partial charge in [0.05, 0.1) is 4.88 Å². The second kappa shape index (κ2) is 7.81. The Bertz CT molecular complexity index is 1140. The van der Waals surface area contributed by atoms with E-state index in [1.165, 1.54) is 11.3 Å². The van der Waals surface area contributed by atoms with Gasteiger partial charge in [-0.05, 0) is 23.9 Å². The summed E-state index contributed by atoms with van der Waals surface area (Å²) in [5.41, 5.74) is 2.61. The van der Waals surface area contributed by atoms with Crippen molar-refractivity contribution in [2.45, 2.75) is 18.3 Å². The Morgan fingerprint density at radius 3 is 2.41 bits per heavy atom. The first kappa shape index (κ1) is 19.4. The molecule has 0 bridgehead atoms. The van der Waals surface area contributed by atoms with Crippen molar-refractivity contribution in [2.75, 3.05) is 0 Å². The summed E-state index contributed by atoms with van der Waals surface area (Å²) in [5, 5.41) is 4.64. The molecule has 0 saturated carbocycles. The van der Waals surface area contributed by atoms with E-state index < -0.39 is 27.3 Å². The minimum atomic E-state index is -4.14. The predicted molar refractivity (Wildman–Crippen MR) is 112 cm³/mol. The van der Waals surface area contributed by atoms with Gasteiger partial charge in [0.2, 0.25) is 10.0 Å². The van der Waals surface area contributed by atoms with Gasteiger partial charge in [-0.3, -0.25) is 4.79 Å². The van der Waals surface area contributed by atoms with E-state index in [4.69, 9.17) is 4.84 Å². The zero-order valence-corrected chi connectivity index (χ0v) is 17.1. The number of carbonyl (C=O) groups excluding carboxylic acids is 1. The largest absolute Gasteiger partial charge is 0.385 e. The summed E-state index contributed by atoms with van der Waals surface area (Å²) in [6, 6.07) is 19.6. The molecule has 1 amide bonds. The Morgan fingerprint density at radius 1 is 1.03 bits per heavy atom. The monoisotopic (exact) mass is 426 g/mol. The molecule has 1 N–H and O–H groups in total. The predicted octanol–water partition coefficient (Wildman–Crippen LogP) is 3.66. The summed E-state index contributed by atoms with van der Waals surface area (Å²) in [6.45, 7) is 1.95. The minimum Gasteiger partial charge on any atom is -0.385 e. The number of nitrogens with zero attached hydrogens (tertiary/aromatic N) is 1. The third-order valence-corrected chi connectivity index (χ3v) is 7.08. The maximum atomic E-state index is 13.3. The first-order valence-corrected chi connectivity index (χ1v) is 11.3. The lowest BCUT2D eigenvalue weighted by Crippen LogP contribution is -2.43. The van der Waals surface area contributed by atoms with Crippen LogP contribution in [0.4, 0.5) is 0 Å². The van der Waals surface area contributed by atoms with Crippen molar-refractivity contribution in [1.29, 1.82) is 0 Å². The average molecular weight is 427 g/mol. The Kier molecular flexibility index (Phi) is 5.21. The van der Waals surface area contributed by atoms with E-state index in [9.17, 15) is 13.2 Å². The second-order valence-corrected chi connectivity index (χ2v) is 9.40. The molecule has 4 rings (SSSR count). The van der Waals surface area contributed by atoms with Crippen LogP contribution in [0.15, 0.2) is 77.3 Å². The molecule has 0 aliphatic carbocycles. The lowest BCUT2D eigenvalue weighted by molar-refractivity contribution is 0.0865. The van der Waals surface area contributed by atoms with E-state index in [1.807, 2.05) is 37.3 Å². The Labute approximate surface area is 172 Å². The number of aryl methyl sites for hydroxylation is 1. The van der Waals surface area contributed by atoms with Crippen molar-refractivity contribution < 1.29 is 18.0 Å². The van der Waals surface area contributed by atoms with E-state index in [0.29, 0.717) is 16.0 Å². The molecule has 1 aliphatic rings. The van der Waals surface area contributed by atoms with E-state index >= 15 is 0 Å². The van der Waals surface area contributed by atoms with Crippen LogP contribution in [0.25, 0.3) is 0 Å². The number of thiophene rings is 1. The summed E-state index contributed by atoms with van der Waals surface area (Å²) >= 11 is 1.17. The molecule has 1 aromatic heterocycles. The maximum Gasteiger partial charge on any atom is 0.274 e. The molecule has 6 nitrogen and oxygen atoms in total. The number of hydrogen-bond acceptors (Lipinski definition) is 6. The van der Waals surface area contributed by atoms with Gasteiger partial charge in [0.15, 0.2) is 11.4 Å². The second-order valence-electron chi connectivity index (χ2n) is 6.65. The van der Waals surface area contributed by atoms with Crippen molar-refractivity contribution in [2.24, 2.45) is 5.16 Å². The van der Waals surface area contributed by atoms with Crippen LogP contribution in [0.5, 0.6) is 0 Å². The van der Waals surface area contributed by atoms with Crippen LogP contribution in [0.1, 0.15) is 32.5 Å². The summed E-state index contributed by atoms with van der Waals surface area (Å²) in [5.74, 6) is -0.665. The molecule has 2 atom stereocenters. The zero-order chi connectivity index (χ0) is 20.4. The molecule has 0 radical (unpaired) electrons. The smallest absolute Gasteiger partial charge is 0.274 e. The van der Waals surface area contributed by atoms with Crippen molar-refractivity contribution in [1.82, 2.24) is 4.72 Å². The van der Waals surface area contributed by atoms with Crippen LogP contribution >= 0.6 is 11.3 Å². The number of hydrogen-bond donors (Lipinski definition) is 1. The van der Waals surface area contributed by atoms with E-state index in [2.05, 4.69) is 9.88 Å². The van der Waals surface area contributed by atoms with Crippen molar-refractivity contribution in [3.05, 3.63) is 93.7 Å². The first-order valence-electron chi connectivity index (χ1n) is 8.91. The molecule has 3 aromatic rings. The van der Waals surface area contributed by atoms with Gasteiger partial charge in [0, 0.05) is 5.56 Å². The van der Waals surface area contributed by atoms with Crippen LogP contribution in [0, 0.1) is 6.92 Å². The molecule has 1 aliphatic heterocycles. The van der Waals surface area contributed by atoms with Crippen LogP contribution in [0.3, 0.4) is 0 Å². The number of amides is 1. The number of nitrogens with one attached hydrogen (secondary N) is 1. The van der Waals surface area contributed by atoms with Gasteiger partial charge in [-0.25, -0.2) is 13.1 Å². The standard InChI is InChI=1S/C21H18N2O4S2/c1-14-9-11-16(12-10-14)19-20(18(22-27-19)15-6-3-2-4-7-15)29(25,26)23-21(24)17-8-5-13-28-17/h2-13,19-20H,1H3,(H,23,24). The lowest BCUT2D eigenvalue weighted by atomic mass is 9.99. The molecule has 29 heavy (non-hydrogen) atoms. The molecule has 2 heterocycles. The van der Waals surface area contributed by atoms with Crippen LogP contribution in [0.2, 0.25) is 0 Å². The van der Waals surface area contributed by atoms with Crippen molar-refractivity contribution >= 4 is 33.0 Å². The molecule has 0 spiro atoms. The van der Waals surface area contributed by atoms with Gasteiger partial charge in [-0.1, -0.05) is 71.4 Å². The Balaban J connectivity index is 1.73. The normalized spacial score (nSPS) is 18.7. The topological polar surface area (TPSA) is 84.8 Å². The van der Waals surface area contributed by atoms with Gasteiger partial charge in [-0.15, -0.1) is 11.3 Å². The molecule has 2 unspecified atom stereocenters. The number of benzene rings is 2. The quantitative estimate of drug-likeness (QED) is 0.675. The van der Waals surface area contributed by atoms with Crippen molar-refractivity contribution in [3.63, 3.8) is 0 Å². The molecule has 2 aromatic carbocycles. The summed E-state index contributed by atoms with van der Waals surface area (Å²) in [4.78, 5) is 18.3. The van der Waals surface area contributed by atoms with Gasteiger partial charge in [0.1, 0.15) is 5.71 Å². The van der Waals surface area contributed by atoms with Crippen LogP contribution in [-0.2, 0) is 14.9 Å². The molecular weight excluding hydrogens is 408 g/mol. The number of carbonyl (C=O) groups is 1. The minimum absolute atomic E-state index is 0.266. The number of sulfonamides is 1. The highest BCUT2D eigenvalue weighted by Crippen LogP contribution is 2.34. The zero-order valence-electron chi connectivity index (χ0n) is 15.5. The third-order valence-electron chi connectivity index (χ3n) is 4.60. The highest BCUT2D eigenvalue weighted by atomic mass is 32.2. The number of oxime groups is 1. The Morgan fingerprint density at radius 2 is 1.76 bits per heavy atom. The highest BCUT2D eigenvalue weighted by Gasteiger charge is 2.46. The van der Waals surface area contributed by atoms with Gasteiger partial charge in [0.25, 0.3) is 5.91 Å². The lowest BCUT2D eigenvalue weighted by Gasteiger charge is -2.20. The Hall–Kier alpha value is -2.97. The van der Waals surface area contributed by atoms with Crippen LogP contribution < -0.4 is 4.72 Å². The molecule has 0 fully saturated rings. The summed E-state index contributed by atoms with van der Waals surface area (Å²) in [7, 11) is -4.14. The highest BCUT2D eigenvalue weighted by molar-refractivity contribution is 7.91. The van der Waals surface area contributed by atoms with Crippen LogP contribution in [-0.4, -0.2) is 25.3 Å². The van der Waals surface area contributed by atoms with Crippen molar-refractivity contribution in [3.8, 4) is 0 Å². The number of rotatable bonds is 5. The first-order chi connectivity index (χ1) is 14.0. The third kappa shape index (κ3) is 3.94.